The predicted octanol–water partition coefficient (Wildman–Crippen LogP) is 2.18. The summed E-state index contributed by atoms with van der Waals surface area (Å²) in [5, 5.41) is 0. The molecule has 1 atom stereocenters. The van der Waals surface area contributed by atoms with Crippen molar-refractivity contribution in [2.45, 2.75) is 32.8 Å². The van der Waals surface area contributed by atoms with Crippen LogP contribution in [0.25, 0.3) is 0 Å². The maximum Gasteiger partial charge on any atom is 0.162 e. The van der Waals surface area contributed by atoms with Crippen LogP contribution >= 0.6 is 0 Å². The van der Waals surface area contributed by atoms with E-state index < -0.39 is 0 Å². The van der Waals surface area contributed by atoms with Crippen LogP contribution in [0.5, 0.6) is 11.5 Å². The van der Waals surface area contributed by atoms with E-state index in [1.807, 2.05) is 12.1 Å². The van der Waals surface area contributed by atoms with E-state index in [4.69, 9.17) is 15.2 Å². The summed E-state index contributed by atoms with van der Waals surface area (Å²) in [6.07, 6.45) is 0.857. The minimum atomic E-state index is -0.352. The number of fused-ring (bicyclic) bond motifs is 1. The molecule has 3 nitrogen and oxygen atoms in total. The molecule has 0 amide bonds. The van der Waals surface area contributed by atoms with Gasteiger partial charge in [-0.1, -0.05) is 6.92 Å². The molecule has 2 N–H and O–H groups in total. The Morgan fingerprint density at radius 2 is 1.88 bits per heavy atom. The van der Waals surface area contributed by atoms with E-state index in [2.05, 4.69) is 20.8 Å². The number of benzene rings is 1. The number of rotatable bonds is 2. The Balaban J connectivity index is 2.36. The molecule has 0 unspecified atom stereocenters. The number of hydrogen-bond donors (Lipinski definition) is 1. The molecule has 1 aliphatic heterocycles. The number of hydrogen-bond acceptors (Lipinski definition) is 3. The van der Waals surface area contributed by atoms with Crippen LogP contribution in [-0.4, -0.2) is 18.8 Å². The SMILES string of the molecule is CC[C@]1(CN)COc2cc(C)c(C)cc2O1. The Kier molecular flexibility index (Phi) is 2.80. The molecule has 1 aliphatic rings. The molecule has 0 fully saturated rings. The molecule has 0 aromatic heterocycles. The van der Waals surface area contributed by atoms with Gasteiger partial charge in [0.1, 0.15) is 6.61 Å². The van der Waals surface area contributed by atoms with Crippen molar-refractivity contribution in [3.63, 3.8) is 0 Å². The van der Waals surface area contributed by atoms with Crippen LogP contribution in [0, 0.1) is 13.8 Å². The quantitative estimate of drug-likeness (QED) is 0.832. The molecule has 2 rings (SSSR count). The summed E-state index contributed by atoms with van der Waals surface area (Å²) in [5.74, 6) is 1.65. The fraction of sp³-hybridized carbons (Fsp3) is 0.538. The lowest BCUT2D eigenvalue weighted by Gasteiger charge is -2.37. The molecule has 3 heteroatoms. The van der Waals surface area contributed by atoms with Crippen molar-refractivity contribution >= 4 is 0 Å². The fourth-order valence-corrected chi connectivity index (χ4v) is 1.85. The van der Waals surface area contributed by atoms with Gasteiger partial charge in [0.2, 0.25) is 0 Å². The molecule has 0 aliphatic carbocycles. The van der Waals surface area contributed by atoms with Gasteiger partial charge in [-0.05, 0) is 43.5 Å². The van der Waals surface area contributed by atoms with Gasteiger partial charge in [-0.25, -0.2) is 0 Å². The van der Waals surface area contributed by atoms with Crippen LogP contribution in [0.3, 0.4) is 0 Å². The van der Waals surface area contributed by atoms with E-state index in [0.29, 0.717) is 13.2 Å². The lowest BCUT2D eigenvalue weighted by atomic mass is 10.00. The number of aryl methyl sites for hydroxylation is 2. The van der Waals surface area contributed by atoms with Crippen LogP contribution in [0.1, 0.15) is 24.5 Å². The summed E-state index contributed by atoms with van der Waals surface area (Å²) in [6, 6.07) is 4.06. The Morgan fingerprint density at radius 1 is 1.25 bits per heavy atom. The van der Waals surface area contributed by atoms with Gasteiger partial charge in [0.25, 0.3) is 0 Å². The molecule has 1 aromatic rings. The van der Waals surface area contributed by atoms with Gasteiger partial charge in [0.05, 0.1) is 0 Å². The topological polar surface area (TPSA) is 44.5 Å². The molecule has 0 bridgehead atoms. The molecule has 0 spiro atoms. The van der Waals surface area contributed by atoms with Crippen molar-refractivity contribution in [2.24, 2.45) is 5.73 Å². The minimum Gasteiger partial charge on any atom is -0.485 e. The van der Waals surface area contributed by atoms with Crippen LogP contribution in [0.4, 0.5) is 0 Å². The highest BCUT2D eigenvalue weighted by Crippen LogP contribution is 2.38. The van der Waals surface area contributed by atoms with Gasteiger partial charge in [0, 0.05) is 6.54 Å². The Hall–Kier alpha value is -1.22. The molecule has 1 heterocycles. The van der Waals surface area contributed by atoms with Gasteiger partial charge in [-0.3, -0.25) is 0 Å². The van der Waals surface area contributed by atoms with Gasteiger partial charge in [-0.15, -0.1) is 0 Å². The van der Waals surface area contributed by atoms with Crippen molar-refractivity contribution in [2.75, 3.05) is 13.2 Å². The molecular weight excluding hydrogens is 202 g/mol. The predicted molar refractivity (Wildman–Crippen MR) is 64.1 cm³/mol. The van der Waals surface area contributed by atoms with Crippen molar-refractivity contribution in [3.8, 4) is 11.5 Å². The number of ether oxygens (including phenoxy) is 2. The normalized spacial score (nSPS) is 23.2. The highest BCUT2D eigenvalue weighted by molar-refractivity contribution is 5.48. The zero-order chi connectivity index (χ0) is 11.8. The highest BCUT2D eigenvalue weighted by atomic mass is 16.6. The standard InChI is InChI=1S/C13H19NO2/c1-4-13(7-14)8-15-11-5-9(2)10(3)6-12(11)16-13/h5-6H,4,7-8,14H2,1-3H3/t13-/m0/s1. The first-order chi connectivity index (χ1) is 7.60. The maximum absolute atomic E-state index is 6.00. The van der Waals surface area contributed by atoms with E-state index in [1.165, 1.54) is 11.1 Å². The third-order valence-electron chi connectivity index (χ3n) is 3.39. The molecule has 16 heavy (non-hydrogen) atoms. The van der Waals surface area contributed by atoms with Gasteiger partial charge < -0.3 is 15.2 Å². The Labute approximate surface area is 96.5 Å². The summed E-state index contributed by atoms with van der Waals surface area (Å²) in [7, 11) is 0. The lowest BCUT2D eigenvalue weighted by Crippen LogP contribution is -2.50. The first kappa shape index (κ1) is 11.3. The van der Waals surface area contributed by atoms with Crippen LogP contribution < -0.4 is 15.2 Å². The summed E-state index contributed by atoms with van der Waals surface area (Å²) in [6.45, 7) is 7.24. The minimum absolute atomic E-state index is 0.352. The molecule has 0 radical (unpaired) electrons. The van der Waals surface area contributed by atoms with Gasteiger partial charge in [0.15, 0.2) is 17.1 Å². The summed E-state index contributed by atoms with van der Waals surface area (Å²) in [5.41, 5.74) is 7.85. The van der Waals surface area contributed by atoms with E-state index in [0.717, 1.165) is 17.9 Å². The largest absolute Gasteiger partial charge is 0.485 e. The zero-order valence-corrected chi connectivity index (χ0v) is 10.2. The monoisotopic (exact) mass is 221 g/mol. The second-order valence-corrected chi connectivity index (χ2v) is 4.51. The summed E-state index contributed by atoms with van der Waals surface area (Å²) < 4.78 is 11.8. The first-order valence-electron chi connectivity index (χ1n) is 5.73. The van der Waals surface area contributed by atoms with Crippen LogP contribution in [0.2, 0.25) is 0 Å². The van der Waals surface area contributed by atoms with E-state index >= 15 is 0 Å². The third-order valence-corrected chi connectivity index (χ3v) is 3.39. The number of nitrogens with two attached hydrogens (primary N) is 1. The molecule has 0 saturated heterocycles. The van der Waals surface area contributed by atoms with E-state index in [1.54, 1.807) is 0 Å². The first-order valence-corrected chi connectivity index (χ1v) is 5.73. The zero-order valence-electron chi connectivity index (χ0n) is 10.2. The molecular formula is C13H19NO2. The second kappa shape index (κ2) is 3.98. The molecule has 88 valence electrons. The van der Waals surface area contributed by atoms with Crippen LogP contribution in [0.15, 0.2) is 12.1 Å². The van der Waals surface area contributed by atoms with Gasteiger partial charge >= 0.3 is 0 Å². The van der Waals surface area contributed by atoms with Gasteiger partial charge in [-0.2, -0.15) is 0 Å². The summed E-state index contributed by atoms with van der Waals surface area (Å²) in [4.78, 5) is 0. The summed E-state index contributed by atoms with van der Waals surface area (Å²) >= 11 is 0. The second-order valence-electron chi connectivity index (χ2n) is 4.51. The van der Waals surface area contributed by atoms with Crippen molar-refractivity contribution in [3.05, 3.63) is 23.3 Å². The van der Waals surface area contributed by atoms with E-state index in [-0.39, 0.29) is 5.60 Å². The lowest BCUT2D eigenvalue weighted by molar-refractivity contribution is -0.00450. The van der Waals surface area contributed by atoms with Crippen molar-refractivity contribution in [1.29, 1.82) is 0 Å². The smallest absolute Gasteiger partial charge is 0.162 e. The van der Waals surface area contributed by atoms with Crippen molar-refractivity contribution in [1.82, 2.24) is 0 Å². The Morgan fingerprint density at radius 3 is 2.44 bits per heavy atom. The average molecular weight is 221 g/mol. The third kappa shape index (κ3) is 1.76. The Bertz CT molecular complexity index is 397. The average Bonchev–Trinajstić information content (AvgIpc) is 2.30. The molecule has 1 aromatic carbocycles. The van der Waals surface area contributed by atoms with Crippen molar-refractivity contribution < 1.29 is 9.47 Å². The maximum atomic E-state index is 6.00. The fourth-order valence-electron chi connectivity index (χ4n) is 1.85. The molecule has 0 saturated carbocycles. The highest BCUT2D eigenvalue weighted by Gasteiger charge is 2.35. The van der Waals surface area contributed by atoms with E-state index in [9.17, 15) is 0 Å². The van der Waals surface area contributed by atoms with Crippen LogP contribution in [-0.2, 0) is 0 Å².